The molecule has 2 aromatic carbocycles. The molecule has 0 fully saturated rings. The number of phenolic OH excluding ortho intramolecular Hbond substituents is 2. The molecular weight excluding hydrogens is 372 g/mol. The molecular formula is C26H35N2O2+. The second kappa shape index (κ2) is 8.66. The Kier molecular flexibility index (Phi) is 6.39. The van der Waals surface area contributed by atoms with Crippen LogP contribution in [0.25, 0.3) is 5.70 Å². The van der Waals surface area contributed by atoms with E-state index in [2.05, 4.69) is 89.3 Å². The van der Waals surface area contributed by atoms with E-state index in [0.29, 0.717) is 4.48 Å². The summed E-state index contributed by atoms with van der Waals surface area (Å²) in [5.74, 6) is 0.442. The average Bonchev–Trinajstić information content (AvgIpc) is 3.07. The molecule has 1 heterocycles. The predicted molar refractivity (Wildman–Crippen MR) is 124 cm³/mol. The lowest BCUT2D eigenvalue weighted by Gasteiger charge is -2.38. The maximum absolute atomic E-state index is 10.7. The van der Waals surface area contributed by atoms with Crippen LogP contribution in [0.1, 0.15) is 55.9 Å². The summed E-state index contributed by atoms with van der Waals surface area (Å²) in [6.07, 6.45) is 6.39. The summed E-state index contributed by atoms with van der Waals surface area (Å²) >= 11 is 0. The Morgan fingerprint density at radius 1 is 0.900 bits per heavy atom. The van der Waals surface area contributed by atoms with Crippen molar-refractivity contribution in [2.75, 3.05) is 14.1 Å². The Hall–Kier alpha value is -2.56. The third-order valence-electron chi connectivity index (χ3n) is 5.99. The maximum Gasteiger partial charge on any atom is 0.149 e. The summed E-state index contributed by atoms with van der Waals surface area (Å²) in [5, 5.41) is 21.0. The smallest absolute Gasteiger partial charge is 0.149 e. The van der Waals surface area contributed by atoms with Crippen molar-refractivity contribution >= 4 is 5.70 Å². The van der Waals surface area contributed by atoms with Gasteiger partial charge in [-0.3, -0.25) is 4.48 Å². The molecule has 2 aromatic rings. The summed E-state index contributed by atoms with van der Waals surface area (Å²) in [6, 6.07) is 12.5. The van der Waals surface area contributed by atoms with E-state index in [0.717, 1.165) is 29.9 Å². The van der Waals surface area contributed by atoms with Crippen molar-refractivity contribution in [2.24, 2.45) is 0 Å². The van der Waals surface area contributed by atoms with Crippen molar-refractivity contribution < 1.29 is 14.7 Å². The minimum atomic E-state index is 0.122. The first-order valence-electron chi connectivity index (χ1n) is 10.7. The number of nitrogens with zero attached hydrogens (tertiary/aromatic N) is 2. The van der Waals surface area contributed by atoms with Gasteiger partial charge in [-0.1, -0.05) is 38.1 Å². The summed E-state index contributed by atoms with van der Waals surface area (Å²) in [7, 11) is 4.16. The van der Waals surface area contributed by atoms with Gasteiger partial charge >= 0.3 is 0 Å². The molecule has 0 amide bonds. The van der Waals surface area contributed by atoms with E-state index >= 15 is 0 Å². The van der Waals surface area contributed by atoms with E-state index in [1.54, 1.807) is 0 Å². The minimum absolute atomic E-state index is 0.122. The molecule has 3 rings (SSSR count). The Labute approximate surface area is 181 Å². The van der Waals surface area contributed by atoms with Gasteiger partial charge in [0.05, 0.1) is 11.6 Å². The molecule has 1 unspecified atom stereocenters. The fraction of sp³-hybridized carbons (Fsp3) is 0.385. The standard InChI is InChI=1S/C26H34N2O2/c1-18(2)22-14-23(26(30)15-25(22)29)24-8-7-13-28(24,19(3)4)17-21-11-9-20(10-12-21)16-27(5)6/h7-15,18-19H,16-17H2,1-6H3,(H-,29,30)/p+1. The summed E-state index contributed by atoms with van der Waals surface area (Å²) in [4.78, 5) is 2.17. The lowest BCUT2D eigenvalue weighted by atomic mass is 9.96. The average molecular weight is 408 g/mol. The molecule has 4 nitrogen and oxygen atoms in total. The fourth-order valence-electron chi connectivity index (χ4n) is 4.27. The van der Waals surface area contributed by atoms with Gasteiger partial charge in [0.2, 0.25) is 0 Å². The Morgan fingerprint density at radius 2 is 1.53 bits per heavy atom. The second-order valence-electron chi connectivity index (χ2n) is 9.21. The number of benzene rings is 2. The summed E-state index contributed by atoms with van der Waals surface area (Å²) in [5.41, 5.74) is 5.25. The van der Waals surface area contributed by atoms with E-state index in [1.165, 1.54) is 17.2 Å². The van der Waals surface area contributed by atoms with E-state index in [4.69, 9.17) is 0 Å². The van der Waals surface area contributed by atoms with Crippen molar-refractivity contribution in [1.82, 2.24) is 4.90 Å². The predicted octanol–water partition coefficient (Wildman–Crippen LogP) is 5.58. The summed E-state index contributed by atoms with van der Waals surface area (Å²) in [6.45, 7) is 10.3. The highest BCUT2D eigenvalue weighted by atomic mass is 16.3. The molecule has 0 spiro atoms. The lowest BCUT2D eigenvalue weighted by Crippen LogP contribution is -2.44. The molecule has 4 heteroatoms. The van der Waals surface area contributed by atoms with Crippen LogP contribution in [0.15, 0.2) is 54.8 Å². The van der Waals surface area contributed by atoms with Crippen LogP contribution in [0.2, 0.25) is 0 Å². The van der Waals surface area contributed by atoms with Gasteiger partial charge < -0.3 is 15.1 Å². The zero-order valence-electron chi connectivity index (χ0n) is 19.1. The largest absolute Gasteiger partial charge is 0.508 e. The maximum atomic E-state index is 10.7. The number of allylic oxidation sites excluding steroid dienone is 2. The molecule has 0 saturated heterocycles. The molecule has 0 aliphatic carbocycles. The van der Waals surface area contributed by atoms with Crippen molar-refractivity contribution in [3.63, 3.8) is 0 Å². The Bertz CT molecular complexity index is 956. The SMILES string of the molecule is CC(C)c1cc(C2=CC=C[N+]2(Cc2ccc(CN(C)C)cc2)C(C)C)c(O)cc1O. The Balaban J connectivity index is 2.00. The first-order valence-corrected chi connectivity index (χ1v) is 10.7. The van der Waals surface area contributed by atoms with Crippen molar-refractivity contribution in [3.8, 4) is 11.5 Å². The molecule has 2 N–H and O–H groups in total. The van der Waals surface area contributed by atoms with Crippen molar-refractivity contribution in [3.05, 3.63) is 77.0 Å². The van der Waals surface area contributed by atoms with Crippen LogP contribution in [0.4, 0.5) is 0 Å². The highest BCUT2D eigenvalue weighted by molar-refractivity contribution is 5.70. The molecule has 1 aliphatic heterocycles. The van der Waals surface area contributed by atoms with Gasteiger partial charge in [0.15, 0.2) is 0 Å². The van der Waals surface area contributed by atoms with Gasteiger partial charge in [-0.15, -0.1) is 0 Å². The van der Waals surface area contributed by atoms with Crippen LogP contribution < -0.4 is 0 Å². The Morgan fingerprint density at radius 3 is 2.10 bits per heavy atom. The normalized spacial score (nSPS) is 18.6. The molecule has 1 aliphatic rings. The molecule has 160 valence electrons. The number of rotatable bonds is 7. The van der Waals surface area contributed by atoms with E-state index in [9.17, 15) is 10.2 Å². The zero-order valence-corrected chi connectivity index (χ0v) is 19.1. The fourth-order valence-corrected chi connectivity index (χ4v) is 4.27. The highest BCUT2D eigenvalue weighted by Gasteiger charge is 2.39. The van der Waals surface area contributed by atoms with Crippen LogP contribution in [-0.4, -0.2) is 39.7 Å². The van der Waals surface area contributed by atoms with Gasteiger partial charge in [-0.2, -0.15) is 0 Å². The van der Waals surface area contributed by atoms with Crippen molar-refractivity contribution in [2.45, 2.75) is 52.7 Å². The topological polar surface area (TPSA) is 43.7 Å². The highest BCUT2D eigenvalue weighted by Crippen LogP contribution is 2.44. The third-order valence-corrected chi connectivity index (χ3v) is 5.99. The van der Waals surface area contributed by atoms with Crippen LogP contribution in [-0.2, 0) is 13.1 Å². The monoisotopic (exact) mass is 407 g/mol. The number of quaternary nitrogens is 1. The number of hydrogen-bond acceptors (Lipinski definition) is 3. The van der Waals surface area contributed by atoms with Crippen molar-refractivity contribution in [1.29, 1.82) is 0 Å². The first kappa shape index (κ1) is 22.1. The van der Waals surface area contributed by atoms with Crippen LogP contribution in [0.5, 0.6) is 11.5 Å². The van der Waals surface area contributed by atoms with E-state index in [-0.39, 0.29) is 23.5 Å². The lowest BCUT2D eigenvalue weighted by molar-refractivity contribution is -0.842. The van der Waals surface area contributed by atoms with Crippen LogP contribution >= 0.6 is 0 Å². The van der Waals surface area contributed by atoms with Gasteiger partial charge in [0, 0.05) is 24.3 Å². The summed E-state index contributed by atoms with van der Waals surface area (Å²) < 4.78 is 0.628. The van der Waals surface area contributed by atoms with Crippen LogP contribution in [0, 0.1) is 0 Å². The number of phenols is 2. The molecule has 1 atom stereocenters. The van der Waals surface area contributed by atoms with E-state index < -0.39 is 0 Å². The van der Waals surface area contributed by atoms with Crippen LogP contribution in [0.3, 0.4) is 0 Å². The quantitative estimate of drug-likeness (QED) is 0.589. The van der Waals surface area contributed by atoms with Gasteiger partial charge in [-0.05, 0) is 57.1 Å². The number of hydrogen-bond donors (Lipinski definition) is 2. The first-order chi connectivity index (χ1) is 14.1. The van der Waals surface area contributed by atoms with Gasteiger partial charge in [-0.25, -0.2) is 0 Å². The molecule has 0 radical (unpaired) electrons. The second-order valence-corrected chi connectivity index (χ2v) is 9.21. The molecule has 0 bridgehead atoms. The molecule has 0 aromatic heterocycles. The minimum Gasteiger partial charge on any atom is -0.508 e. The van der Waals surface area contributed by atoms with Gasteiger partial charge in [0.1, 0.15) is 29.9 Å². The zero-order chi connectivity index (χ0) is 22.1. The van der Waals surface area contributed by atoms with Gasteiger partial charge in [0.25, 0.3) is 0 Å². The molecule has 30 heavy (non-hydrogen) atoms. The molecule has 0 saturated carbocycles. The number of aromatic hydroxyl groups is 2. The third kappa shape index (κ3) is 4.30. The van der Waals surface area contributed by atoms with E-state index in [1.807, 2.05) is 6.07 Å².